The number of nitrogens with two attached hydrogens (primary N) is 2. The van der Waals surface area contributed by atoms with Gasteiger partial charge in [0, 0.05) is 18.0 Å². The number of rotatable bonds is 3. The molecule has 0 saturated carbocycles. The molecular weight excluding hydrogens is 293 g/mol. The van der Waals surface area contributed by atoms with Crippen molar-refractivity contribution in [3.8, 4) is 0 Å². The van der Waals surface area contributed by atoms with Crippen LogP contribution in [-0.2, 0) is 4.79 Å². The van der Waals surface area contributed by atoms with E-state index < -0.39 is 24.0 Å². The number of pyridine rings is 1. The second-order valence-electron chi connectivity index (χ2n) is 4.08. The van der Waals surface area contributed by atoms with Crippen LogP contribution in [0.3, 0.4) is 0 Å². The third-order valence-corrected chi connectivity index (χ3v) is 3.99. The zero-order valence-corrected chi connectivity index (χ0v) is 10.9. The van der Waals surface area contributed by atoms with E-state index in [1.54, 1.807) is 12.1 Å². The predicted molar refractivity (Wildman–Crippen MR) is 67.7 cm³/mol. The zero-order valence-electron chi connectivity index (χ0n) is 10.1. The van der Waals surface area contributed by atoms with Gasteiger partial charge in [0.05, 0.1) is 0 Å². The fourth-order valence-corrected chi connectivity index (χ4v) is 2.98. The molecule has 0 radical (unpaired) electrons. The van der Waals surface area contributed by atoms with Gasteiger partial charge < -0.3 is 16.4 Å². The SMILES string of the molecule is NC(=O)C1=C(N)N(CC(F)(F)F)C(c2cccnc2)S1. The fraction of sp³-hybridized carbons (Fsp3) is 0.273. The van der Waals surface area contributed by atoms with Crippen molar-refractivity contribution in [2.24, 2.45) is 11.5 Å². The molecule has 4 N–H and O–H groups in total. The lowest BCUT2D eigenvalue weighted by Crippen LogP contribution is -2.36. The van der Waals surface area contributed by atoms with E-state index in [9.17, 15) is 18.0 Å². The van der Waals surface area contributed by atoms with Gasteiger partial charge in [0.15, 0.2) is 0 Å². The summed E-state index contributed by atoms with van der Waals surface area (Å²) in [4.78, 5) is 15.9. The quantitative estimate of drug-likeness (QED) is 0.879. The lowest BCUT2D eigenvalue weighted by atomic mass is 10.2. The minimum absolute atomic E-state index is 0.0666. The molecule has 1 aromatic heterocycles. The van der Waals surface area contributed by atoms with Crippen molar-refractivity contribution in [1.82, 2.24) is 9.88 Å². The molecule has 1 amide bonds. The zero-order chi connectivity index (χ0) is 14.9. The maximum atomic E-state index is 12.6. The highest BCUT2D eigenvalue weighted by atomic mass is 32.2. The Kier molecular flexibility index (Phi) is 3.80. The number of thioether (sulfide) groups is 1. The van der Waals surface area contributed by atoms with Crippen LogP contribution in [0.4, 0.5) is 13.2 Å². The van der Waals surface area contributed by atoms with Crippen LogP contribution < -0.4 is 11.5 Å². The molecule has 1 aliphatic heterocycles. The molecule has 1 aromatic rings. The Balaban J connectivity index is 2.36. The molecule has 0 aliphatic carbocycles. The summed E-state index contributed by atoms with van der Waals surface area (Å²) in [6.45, 7) is -1.26. The van der Waals surface area contributed by atoms with Crippen LogP contribution in [0.15, 0.2) is 35.3 Å². The Bertz CT molecular complexity index is 546. The second-order valence-corrected chi connectivity index (χ2v) is 5.17. The van der Waals surface area contributed by atoms with Gasteiger partial charge in [-0.1, -0.05) is 17.8 Å². The number of hydrogen-bond acceptors (Lipinski definition) is 5. The fourth-order valence-electron chi connectivity index (χ4n) is 1.81. The van der Waals surface area contributed by atoms with E-state index in [0.29, 0.717) is 5.56 Å². The first-order chi connectivity index (χ1) is 9.29. The molecule has 0 saturated heterocycles. The van der Waals surface area contributed by atoms with Crippen molar-refractivity contribution in [2.45, 2.75) is 11.6 Å². The molecular formula is C11H11F3N4OS. The van der Waals surface area contributed by atoms with Gasteiger partial charge in [0.25, 0.3) is 5.91 Å². The van der Waals surface area contributed by atoms with Crippen molar-refractivity contribution < 1.29 is 18.0 Å². The number of carbonyl (C=O) groups is 1. The Labute approximate surface area is 116 Å². The van der Waals surface area contributed by atoms with E-state index in [1.165, 1.54) is 12.4 Å². The summed E-state index contributed by atoms with van der Waals surface area (Å²) >= 11 is 0.895. The monoisotopic (exact) mass is 304 g/mol. The lowest BCUT2D eigenvalue weighted by Gasteiger charge is -2.27. The lowest BCUT2D eigenvalue weighted by molar-refractivity contribution is -0.143. The summed E-state index contributed by atoms with van der Waals surface area (Å²) in [7, 11) is 0. The maximum Gasteiger partial charge on any atom is 0.406 e. The normalized spacial score (nSPS) is 19.6. The number of alkyl halides is 3. The molecule has 1 atom stereocenters. The summed E-state index contributed by atoms with van der Waals surface area (Å²) in [5.74, 6) is -1.10. The van der Waals surface area contributed by atoms with Crippen LogP contribution >= 0.6 is 11.8 Å². The number of primary amides is 1. The third kappa shape index (κ3) is 2.98. The van der Waals surface area contributed by atoms with Gasteiger partial charge in [-0.05, 0) is 6.07 Å². The van der Waals surface area contributed by atoms with Crippen LogP contribution in [0, 0.1) is 0 Å². The highest BCUT2D eigenvalue weighted by Gasteiger charge is 2.41. The van der Waals surface area contributed by atoms with Gasteiger partial charge in [-0.15, -0.1) is 0 Å². The number of halogens is 3. The average Bonchev–Trinajstić information content (AvgIpc) is 2.67. The Morgan fingerprint density at radius 2 is 2.20 bits per heavy atom. The van der Waals surface area contributed by atoms with E-state index in [4.69, 9.17) is 11.5 Å². The largest absolute Gasteiger partial charge is 0.406 e. The number of carbonyl (C=O) groups excluding carboxylic acids is 1. The van der Waals surface area contributed by atoms with Crippen molar-refractivity contribution >= 4 is 17.7 Å². The van der Waals surface area contributed by atoms with Crippen molar-refractivity contribution in [1.29, 1.82) is 0 Å². The average molecular weight is 304 g/mol. The molecule has 9 heteroatoms. The van der Waals surface area contributed by atoms with E-state index in [0.717, 1.165) is 16.7 Å². The predicted octanol–water partition coefficient (Wildman–Crippen LogP) is 1.30. The van der Waals surface area contributed by atoms with E-state index in [-0.39, 0.29) is 10.7 Å². The van der Waals surface area contributed by atoms with E-state index in [2.05, 4.69) is 4.98 Å². The molecule has 0 fully saturated rings. The van der Waals surface area contributed by atoms with Crippen molar-refractivity contribution in [3.05, 3.63) is 40.8 Å². The number of hydrogen-bond donors (Lipinski definition) is 2. The van der Waals surface area contributed by atoms with Crippen LogP contribution in [0.25, 0.3) is 0 Å². The standard InChI is InChI=1S/C11H11F3N4OS/c12-11(13,14)5-18-8(15)7(9(16)19)20-10(18)6-2-1-3-17-4-6/h1-4,10H,5,15H2,(H2,16,19). The first kappa shape index (κ1) is 14.5. The summed E-state index contributed by atoms with van der Waals surface area (Å²) in [5, 5.41) is -0.771. The summed E-state index contributed by atoms with van der Waals surface area (Å²) in [5.41, 5.74) is 11.3. The highest BCUT2D eigenvalue weighted by Crippen LogP contribution is 2.46. The summed E-state index contributed by atoms with van der Waals surface area (Å²) in [6, 6.07) is 3.21. The molecule has 108 valence electrons. The molecule has 20 heavy (non-hydrogen) atoms. The smallest absolute Gasteiger partial charge is 0.384 e. The molecule has 2 heterocycles. The van der Waals surface area contributed by atoms with E-state index in [1.807, 2.05) is 0 Å². The van der Waals surface area contributed by atoms with Gasteiger partial charge in [0.2, 0.25) is 0 Å². The Morgan fingerprint density at radius 1 is 1.50 bits per heavy atom. The first-order valence-electron chi connectivity index (χ1n) is 5.49. The topological polar surface area (TPSA) is 85.2 Å². The van der Waals surface area contributed by atoms with Gasteiger partial charge in [0.1, 0.15) is 22.6 Å². The highest BCUT2D eigenvalue weighted by molar-refractivity contribution is 8.04. The maximum absolute atomic E-state index is 12.6. The number of aromatic nitrogens is 1. The molecule has 0 bridgehead atoms. The van der Waals surface area contributed by atoms with Gasteiger partial charge in [-0.3, -0.25) is 9.78 Å². The first-order valence-corrected chi connectivity index (χ1v) is 6.37. The van der Waals surface area contributed by atoms with Gasteiger partial charge >= 0.3 is 6.18 Å². The number of nitrogens with zero attached hydrogens (tertiary/aromatic N) is 2. The molecule has 0 aromatic carbocycles. The van der Waals surface area contributed by atoms with Crippen LogP contribution in [0.5, 0.6) is 0 Å². The Hall–Kier alpha value is -1.90. The van der Waals surface area contributed by atoms with Crippen molar-refractivity contribution in [2.75, 3.05) is 6.54 Å². The Morgan fingerprint density at radius 3 is 2.70 bits per heavy atom. The molecule has 0 spiro atoms. The molecule has 5 nitrogen and oxygen atoms in total. The minimum Gasteiger partial charge on any atom is -0.384 e. The molecule has 2 rings (SSSR count). The minimum atomic E-state index is -4.45. The van der Waals surface area contributed by atoms with Gasteiger partial charge in [-0.25, -0.2) is 0 Å². The number of amides is 1. The van der Waals surface area contributed by atoms with E-state index >= 15 is 0 Å². The second kappa shape index (κ2) is 5.23. The van der Waals surface area contributed by atoms with Gasteiger partial charge in [-0.2, -0.15) is 13.2 Å². The van der Waals surface area contributed by atoms with Crippen LogP contribution in [-0.4, -0.2) is 28.5 Å². The summed E-state index contributed by atoms with van der Waals surface area (Å²) < 4.78 is 37.9. The third-order valence-electron chi connectivity index (χ3n) is 2.60. The summed E-state index contributed by atoms with van der Waals surface area (Å²) in [6.07, 6.45) is -1.51. The molecule has 1 unspecified atom stereocenters. The molecule has 1 aliphatic rings. The van der Waals surface area contributed by atoms with Crippen molar-refractivity contribution in [3.63, 3.8) is 0 Å². The van der Waals surface area contributed by atoms with Crippen LogP contribution in [0.2, 0.25) is 0 Å². The van der Waals surface area contributed by atoms with Crippen LogP contribution in [0.1, 0.15) is 10.9 Å².